The molecule has 1 aromatic rings. The summed E-state index contributed by atoms with van der Waals surface area (Å²) < 4.78 is 0. The molecule has 0 fully saturated rings. The van der Waals surface area contributed by atoms with Crippen molar-refractivity contribution in [3.8, 4) is 0 Å². The van der Waals surface area contributed by atoms with Gasteiger partial charge in [0.05, 0.1) is 5.69 Å². The predicted molar refractivity (Wildman–Crippen MR) is 91.5 cm³/mol. The van der Waals surface area contributed by atoms with E-state index in [1.165, 1.54) is 6.42 Å². The summed E-state index contributed by atoms with van der Waals surface area (Å²) in [6.45, 7) is 16.4. The van der Waals surface area contributed by atoms with E-state index in [4.69, 9.17) is 0 Å². The lowest BCUT2D eigenvalue weighted by molar-refractivity contribution is 0.163. The molecule has 0 aliphatic carbocycles. The van der Waals surface area contributed by atoms with Gasteiger partial charge in [0, 0.05) is 30.9 Å². The lowest BCUT2D eigenvalue weighted by Crippen LogP contribution is -2.46. The van der Waals surface area contributed by atoms with Crippen LogP contribution in [0.15, 0.2) is 18.2 Å². The van der Waals surface area contributed by atoms with Crippen LogP contribution < -0.4 is 5.32 Å². The first-order valence-electron chi connectivity index (χ1n) is 8.00. The molecule has 21 heavy (non-hydrogen) atoms. The Labute approximate surface area is 131 Å². The molecule has 0 spiro atoms. The number of nitrogens with zero attached hydrogens (tertiary/aromatic N) is 2. The van der Waals surface area contributed by atoms with Gasteiger partial charge in [-0.25, -0.2) is 0 Å². The minimum absolute atomic E-state index is 0.174. The van der Waals surface area contributed by atoms with Crippen LogP contribution in [0.3, 0.4) is 0 Å². The van der Waals surface area contributed by atoms with Gasteiger partial charge in [0.1, 0.15) is 0 Å². The minimum Gasteiger partial charge on any atom is -0.311 e. The molecule has 3 heteroatoms. The molecule has 1 atom stereocenters. The van der Waals surface area contributed by atoms with Gasteiger partial charge in [0.2, 0.25) is 0 Å². The number of nitrogens with one attached hydrogen (secondary N) is 1. The number of aromatic nitrogens is 1. The van der Waals surface area contributed by atoms with Crippen LogP contribution in [0.1, 0.15) is 52.4 Å². The highest BCUT2D eigenvalue weighted by Gasteiger charge is 2.26. The Bertz CT molecular complexity index is 436. The number of aryl methyl sites for hydroxylation is 1. The molecule has 0 bridgehead atoms. The average molecular weight is 291 g/mol. The third-order valence-electron chi connectivity index (χ3n) is 3.93. The van der Waals surface area contributed by atoms with Crippen molar-refractivity contribution in [1.82, 2.24) is 15.2 Å². The quantitative estimate of drug-likeness (QED) is 0.831. The smallest absolute Gasteiger partial charge is 0.0547 e. The molecule has 0 saturated heterocycles. The summed E-state index contributed by atoms with van der Waals surface area (Å²) in [7, 11) is 2.19. The molecule has 0 saturated carbocycles. The van der Waals surface area contributed by atoms with Crippen LogP contribution in [0.5, 0.6) is 0 Å². The highest BCUT2D eigenvalue weighted by atomic mass is 15.1. The third-order valence-corrected chi connectivity index (χ3v) is 3.93. The van der Waals surface area contributed by atoms with Crippen LogP contribution in [-0.4, -0.2) is 35.6 Å². The fraction of sp³-hybridized carbons (Fsp3) is 0.722. The number of hydrogen-bond acceptors (Lipinski definition) is 3. The van der Waals surface area contributed by atoms with Crippen molar-refractivity contribution >= 4 is 0 Å². The Hall–Kier alpha value is -0.930. The van der Waals surface area contributed by atoms with Crippen molar-refractivity contribution in [2.24, 2.45) is 5.41 Å². The van der Waals surface area contributed by atoms with Gasteiger partial charge in [-0.1, -0.05) is 19.9 Å². The molecule has 0 aliphatic heterocycles. The summed E-state index contributed by atoms with van der Waals surface area (Å²) in [4.78, 5) is 6.98. The predicted octanol–water partition coefficient (Wildman–Crippen LogP) is 3.63. The Balaban J connectivity index is 2.59. The summed E-state index contributed by atoms with van der Waals surface area (Å²) >= 11 is 0. The van der Waals surface area contributed by atoms with Crippen molar-refractivity contribution in [3.05, 3.63) is 29.6 Å². The maximum atomic E-state index is 4.60. The zero-order valence-electron chi connectivity index (χ0n) is 15.0. The van der Waals surface area contributed by atoms with Gasteiger partial charge in [0.25, 0.3) is 0 Å². The molecule has 0 aromatic carbocycles. The summed E-state index contributed by atoms with van der Waals surface area (Å²) in [6, 6.07) is 6.25. The first-order valence-corrected chi connectivity index (χ1v) is 8.00. The van der Waals surface area contributed by atoms with E-state index in [2.05, 4.69) is 69.0 Å². The van der Waals surface area contributed by atoms with E-state index < -0.39 is 0 Å². The van der Waals surface area contributed by atoms with E-state index in [1.54, 1.807) is 0 Å². The second-order valence-electron chi connectivity index (χ2n) is 7.71. The molecule has 1 unspecified atom stereocenters. The topological polar surface area (TPSA) is 28.2 Å². The van der Waals surface area contributed by atoms with Crippen LogP contribution in [-0.2, 0) is 6.54 Å². The SMILES string of the molecule is CCC(C)(CNC(C)(C)C)CN(C)Cc1cccc(C)n1. The average Bonchev–Trinajstić information content (AvgIpc) is 2.35. The molecule has 120 valence electrons. The summed E-state index contributed by atoms with van der Waals surface area (Å²) in [6.07, 6.45) is 1.17. The molecular formula is C18H33N3. The van der Waals surface area contributed by atoms with Gasteiger partial charge in [-0.15, -0.1) is 0 Å². The first kappa shape index (κ1) is 18.1. The number of pyridine rings is 1. The van der Waals surface area contributed by atoms with E-state index in [0.29, 0.717) is 0 Å². The lowest BCUT2D eigenvalue weighted by atomic mass is 9.86. The molecule has 3 nitrogen and oxygen atoms in total. The fourth-order valence-electron chi connectivity index (χ4n) is 2.44. The highest BCUT2D eigenvalue weighted by molar-refractivity contribution is 5.09. The van der Waals surface area contributed by atoms with Crippen molar-refractivity contribution in [1.29, 1.82) is 0 Å². The maximum Gasteiger partial charge on any atom is 0.0547 e. The molecule has 1 aromatic heterocycles. The summed E-state index contributed by atoms with van der Waals surface area (Å²) in [5.41, 5.74) is 2.70. The standard InChI is InChI=1S/C18H33N3/c1-8-18(6,13-19-17(3,4)5)14-21(7)12-16-11-9-10-15(2)20-16/h9-11,19H,8,12-14H2,1-7H3. The van der Waals surface area contributed by atoms with Gasteiger partial charge >= 0.3 is 0 Å². The fourth-order valence-corrected chi connectivity index (χ4v) is 2.44. The van der Waals surface area contributed by atoms with E-state index >= 15 is 0 Å². The van der Waals surface area contributed by atoms with E-state index in [1.807, 2.05) is 13.0 Å². The van der Waals surface area contributed by atoms with Crippen LogP contribution in [0.2, 0.25) is 0 Å². The minimum atomic E-state index is 0.174. The normalized spacial score (nSPS) is 15.2. The van der Waals surface area contributed by atoms with Crippen molar-refractivity contribution in [2.75, 3.05) is 20.1 Å². The van der Waals surface area contributed by atoms with Crippen LogP contribution in [0.25, 0.3) is 0 Å². The van der Waals surface area contributed by atoms with Gasteiger partial charge in [0.15, 0.2) is 0 Å². The third kappa shape index (κ3) is 7.05. The van der Waals surface area contributed by atoms with Gasteiger partial charge in [-0.2, -0.15) is 0 Å². The molecule has 1 heterocycles. The van der Waals surface area contributed by atoms with E-state index in [0.717, 1.165) is 31.0 Å². The van der Waals surface area contributed by atoms with E-state index in [9.17, 15) is 0 Å². The molecule has 0 radical (unpaired) electrons. The molecular weight excluding hydrogens is 258 g/mol. The van der Waals surface area contributed by atoms with Crippen molar-refractivity contribution < 1.29 is 0 Å². The zero-order valence-corrected chi connectivity index (χ0v) is 15.0. The molecule has 1 rings (SSSR count). The van der Waals surface area contributed by atoms with Crippen LogP contribution in [0.4, 0.5) is 0 Å². The highest BCUT2D eigenvalue weighted by Crippen LogP contribution is 2.23. The second kappa shape index (κ2) is 7.37. The zero-order chi connectivity index (χ0) is 16.1. The Morgan fingerprint density at radius 2 is 1.86 bits per heavy atom. The van der Waals surface area contributed by atoms with Crippen molar-refractivity contribution in [3.63, 3.8) is 0 Å². The molecule has 0 aliphatic rings. The van der Waals surface area contributed by atoms with Crippen LogP contribution in [0, 0.1) is 12.3 Å². The summed E-state index contributed by atoms with van der Waals surface area (Å²) in [5, 5.41) is 3.65. The van der Waals surface area contributed by atoms with Crippen LogP contribution >= 0.6 is 0 Å². The number of hydrogen-bond donors (Lipinski definition) is 1. The first-order chi connectivity index (χ1) is 9.63. The Kier molecular flexibility index (Phi) is 6.36. The monoisotopic (exact) mass is 291 g/mol. The number of rotatable bonds is 7. The maximum absolute atomic E-state index is 4.60. The Morgan fingerprint density at radius 3 is 2.38 bits per heavy atom. The summed E-state index contributed by atoms with van der Waals surface area (Å²) in [5.74, 6) is 0. The largest absolute Gasteiger partial charge is 0.311 e. The Morgan fingerprint density at radius 1 is 1.19 bits per heavy atom. The van der Waals surface area contributed by atoms with E-state index in [-0.39, 0.29) is 11.0 Å². The second-order valence-corrected chi connectivity index (χ2v) is 7.71. The molecule has 0 amide bonds. The van der Waals surface area contributed by atoms with Gasteiger partial charge in [-0.05, 0) is 58.7 Å². The van der Waals surface area contributed by atoms with Gasteiger partial charge in [-0.3, -0.25) is 9.88 Å². The van der Waals surface area contributed by atoms with Gasteiger partial charge < -0.3 is 5.32 Å². The van der Waals surface area contributed by atoms with Crippen molar-refractivity contribution in [2.45, 2.75) is 60.0 Å². The molecule has 1 N–H and O–H groups in total. The lowest BCUT2D eigenvalue weighted by Gasteiger charge is -2.36.